The lowest BCUT2D eigenvalue weighted by molar-refractivity contribution is 0.0922. The summed E-state index contributed by atoms with van der Waals surface area (Å²) in [5, 5.41) is 3.92. The van der Waals surface area contributed by atoms with Crippen LogP contribution in [-0.2, 0) is 0 Å². The van der Waals surface area contributed by atoms with Crippen LogP contribution in [0, 0.1) is 0 Å². The minimum absolute atomic E-state index is 0.217. The molecule has 2 heterocycles. The Morgan fingerprint density at radius 3 is 2.69 bits per heavy atom. The molecule has 16 heavy (non-hydrogen) atoms. The molecule has 0 atom stereocenters. The van der Waals surface area contributed by atoms with Crippen molar-refractivity contribution in [2.75, 3.05) is 0 Å². The number of fused-ring (bicyclic) bond motifs is 2. The number of rotatable bonds is 0. The van der Waals surface area contributed by atoms with Gasteiger partial charge in [0.25, 0.3) is 11.8 Å². The summed E-state index contributed by atoms with van der Waals surface area (Å²) in [5.41, 5.74) is 1.19. The molecule has 77 valence electrons. The van der Waals surface area contributed by atoms with Crippen molar-refractivity contribution in [2.24, 2.45) is 0 Å². The molecule has 4 heteroatoms. The summed E-state index contributed by atoms with van der Waals surface area (Å²) in [5.74, 6) is -0.603. The SMILES string of the molecule is O=C1[N]c2ccccc2C(=O)n2cccc21. The van der Waals surface area contributed by atoms with Gasteiger partial charge in [-0.1, -0.05) is 12.1 Å². The summed E-state index contributed by atoms with van der Waals surface area (Å²) in [6.45, 7) is 0. The van der Waals surface area contributed by atoms with E-state index in [-0.39, 0.29) is 11.8 Å². The van der Waals surface area contributed by atoms with Gasteiger partial charge in [-0.25, -0.2) is 5.32 Å². The normalized spacial score (nSPS) is 13.8. The van der Waals surface area contributed by atoms with Gasteiger partial charge < -0.3 is 0 Å². The second-order valence-corrected chi connectivity index (χ2v) is 3.50. The topological polar surface area (TPSA) is 53.2 Å². The molecule has 1 amide bonds. The zero-order chi connectivity index (χ0) is 11.1. The molecule has 1 aliphatic heterocycles. The third-order valence-corrected chi connectivity index (χ3v) is 2.54. The highest BCUT2D eigenvalue weighted by atomic mass is 16.2. The molecule has 1 aliphatic rings. The standard InChI is InChI=1S/C12H7N2O2/c15-11-10-6-3-7-14(10)12(16)8-4-1-2-5-9(8)13-11/h1-7H. The second-order valence-electron chi connectivity index (χ2n) is 3.50. The number of aromatic nitrogens is 1. The molecule has 0 N–H and O–H groups in total. The van der Waals surface area contributed by atoms with E-state index < -0.39 is 0 Å². The van der Waals surface area contributed by atoms with Gasteiger partial charge >= 0.3 is 0 Å². The van der Waals surface area contributed by atoms with E-state index in [9.17, 15) is 9.59 Å². The minimum Gasteiger partial charge on any atom is -0.278 e. The Labute approximate surface area is 91.5 Å². The van der Waals surface area contributed by atoms with E-state index in [0.29, 0.717) is 16.9 Å². The van der Waals surface area contributed by atoms with Gasteiger partial charge in [0.2, 0.25) is 0 Å². The Hall–Kier alpha value is -2.36. The first-order chi connectivity index (χ1) is 7.77. The summed E-state index contributed by atoms with van der Waals surface area (Å²) in [6.07, 6.45) is 1.58. The number of benzene rings is 1. The zero-order valence-corrected chi connectivity index (χ0v) is 8.25. The van der Waals surface area contributed by atoms with E-state index in [1.807, 2.05) is 0 Å². The number of para-hydroxylation sites is 1. The summed E-state index contributed by atoms with van der Waals surface area (Å²) in [6, 6.07) is 10.1. The maximum Gasteiger partial charge on any atom is 0.294 e. The largest absolute Gasteiger partial charge is 0.294 e. The lowest BCUT2D eigenvalue weighted by Crippen LogP contribution is -2.15. The molecular weight excluding hydrogens is 204 g/mol. The van der Waals surface area contributed by atoms with E-state index in [2.05, 4.69) is 5.32 Å². The average molecular weight is 211 g/mol. The van der Waals surface area contributed by atoms with E-state index >= 15 is 0 Å². The highest BCUT2D eigenvalue weighted by Crippen LogP contribution is 2.22. The lowest BCUT2D eigenvalue weighted by Gasteiger charge is -2.02. The van der Waals surface area contributed by atoms with E-state index in [4.69, 9.17) is 0 Å². The minimum atomic E-state index is -0.386. The fourth-order valence-corrected chi connectivity index (χ4v) is 1.78. The first kappa shape index (κ1) is 8.91. The quantitative estimate of drug-likeness (QED) is 0.664. The molecule has 2 aromatic rings. The number of hydrogen-bond donors (Lipinski definition) is 0. The van der Waals surface area contributed by atoms with E-state index in [0.717, 1.165) is 0 Å². The summed E-state index contributed by atoms with van der Waals surface area (Å²) < 4.78 is 1.33. The van der Waals surface area contributed by atoms with Crippen molar-refractivity contribution in [3.63, 3.8) is 0 Å². The predicted molar refractivity (Wildman–Crippen MR) is 56.7 cm³/mol. The van der Waals surface area contributed by atoms with Crippen molar-refractivity contribution in [2.45, 2.75) is 0 Å². The van der Waals surface area contributed by atoms with E-state index in [1.165, 1.54) is 4.57 Å². The Morgan fingerprint density at radius 1 is 1.00 bits per heavy atom. The Kier molecular flexibility index (Phi) is 1.71. The molecule has 0 unspecified atom stereocenters. The van der Waals surface area contributed by atoms with Crippen molar-refractivity contribution in [3.05, 3.63) is 53.9 Å². The van der Waals surface area contributed by atoms with Gasteiger partial charge in [0.15, 0.2) is 0 Å². The van der Waals surface area contributed by atoms with Crippen LogP contribution in [0.2, 0.25) is 0 Å². The average Bonchev–Trinajstić information content (AvgIpc) is 2.74. The lowest BCUT2D eigenvalue weighted by atomic mass is 10.1. The molecule has 0 spiro atoms. The van der Waals surface area contributed by atoms with Crippen LogP contribution in [0.4, 0.5) is 5.69 Å². The molecule has 0 saturated heterocycles. The van der Waals surface area contributed by atoms with Gasteiger partial charge in [0, 0.05) is 6.20 Å². The van der Waals surface area contributed by atoms with Crippen molar-refractivity contribution in [1.82, 2.24) is 9.88 Å². The maximum atomic E-state index is 12.1. The van der Waals surface area contributed by atoms with Crippen LogP contribution in [0.25, 0.3) is 0 Å². The van der Waals surface area contributed by atoms with Crippen molar-refractivity contribution < 1.29 is 9.59 Å². The highest BCUT2D eigenvalue weighted by molar-refractivity contribution is 6.10. The maximum absolute atomic E-state index is 12.1. The molecule has 0 fully saturated rings. The van der Waals surface area contributed by atoms with Crippen molar-refractivity contribution in [3.8, 4) is 0 Å². The Bertz CT molecular complexity index is 599. The molecule has 1 radical (unpaired) electrons. The van der Waals surface area contributed by atoms with Crippen LogP contribution in [-0.4, -0.2) is 16.4 Å². The fraction of sp³-hybridized carbons (Fsp3) is 0. The zero-order valence-electron chi connectivity index (χ0n) is 8.25. The molecule has 4 nitrogen and oxygen atoms in total. The fourth-order valence-electron chi connectivity index (χ4n) is 1.78. The smallest absolute Gasteiger partial charge is 0.278 e. The number of hydrogen-bond acceptors (Lipinski definition) is 2. The first-order valence-corrected chi connectivity index (χ1v) is 4.84. The number of nitrogens with zero attached hydrogens (tertiary/aromatic N) is 2. The molecule has 1 aromatic heterocycles. The van der Waals surface area contributed by atoms with Gasteiger partial charge in [-0.3, -0.25) is 14.2 Å². The van der Waals surface area contributed by atoms with Gasteiger partial charge in [-0.15, -0.1) is 0 Å². The third-order valence-electron chi connectivity index (χ3n) is 2.54. The molecule has 0 bridgehead atoms. The van der Waals surface area contributed by atoms with E-state index in [1.54, 1.807) is 42.6 Å². The molecule has 0 aliphatic carbocycles. The number of carbonyl (C=O) groups is 2. The van der Waals surface area contributed by atoms with Gasteiger partial charge in [0.05, 0.1) is 11.3 Å². The number of carbonyl (C=O) groups excluding carboxylic acids is 2. The van der Waals surface area contributed by atoms with Crippen LogP contribution in [0.5, 0.6) is 0 Å². The van der Waals surface area contributed by atoms with Gasteiger partial charge in [-0.2, -0.15) is 0 Å². The van der Waals surface area contributed by atoms with Crippen LogP contribution in [0.1, 0.15) is 20.8 Å². The molecular formula is C12H7N2O2. The van der Waals surface area contributed by atoms with Gasteiger partial charge in [0.1, 0.15) is 5.69 Å². The third kappa shape index (κ3) is 1.10. The van der Waals surface area contributed by atoms with Gasteiger partial charge in [-0.05, 0) is 24.3 Å². The molecule has 0 saturated carbocycles. The first-order valence-electron chi connectivity index (χ1n) is 4.84. The number of amides is 1. The Balaban J connectivity index is 2.29. The Morgan fingerprint density at radius 2 is 1.81 bits per heavy atom. The monoisotopic (exact) mass is 211 g/mol. The van der Waals surface area contributed by atoms with Crippen LogP contribution >= 0.6 is 0 Å². The predicted octanol–water partition coefficient (Wildman–Crippen LogP) is 1.57. The second kappa shape index (κ2) is 3.06. The summed E-state index contributed by atoms with van der Waals surface area (Å²) in [7, 11) is 0. The van der Waals surface area contributed by atoms with Crippen LogP contribution < -0.4 is 5.32 Å². The summed E-state index contributed by atoms with van der Waals surface area (Å²) >= 11 is 0. The summed E-state index contributed by atoms with van der Waals surface area (Å²) in [4.78, 5) is 23.8. The van der Waals surface area contributed by atoms with Crippen molar-refractivity contribution in [1.29, 1.82) is 0 Å². The van der Waals surface area contributed by atoms with Crippen molar-refractivity contribution >= 4 is 17.5 Å². The van der Waals surface area contributed by atoms with Crippen LogP contribution in [0.15, 0.2) is 42.6 Å². The highest BCUT2D eigenvalue weighted by Gasteiger charge is 2.25. The molecule has 3 rings (SSSR count). The van der Waals surface area contributed by atoms with Crippen LogP contribution in [0.3, 0.4) is 0 Å². The molecule has 1 aromatic carbocycles.